The number of nitrogens with one attached hydrogen (secondary N) is 1. The number of carbonyl (C=O) groups excluding carboxylic acids is 1. The van der Waals surface area contributed by atoms with E-state index in [9.17, 15) is 13.6 Å². The highest BCUT2D eigenvalue weighted by atomic mass is 19.2. The molecule has 136 valence electrons. The third-order valence-corrected chi connectivity index (χ3v) is 4.41. The van der Waals surface area contributed by atoms with E-state index in [0.29, 0.717) is 17.8 Å². The maximum absolute atomic E-state index is 13.3. The summed E-state index contributed by atoms with van der Waals surface area (Å²) in [6, 6.07) is 3.19. The van der Waals surface area contributed by atoms with Crippen LogP contribution in [0.5, 0.6) is 0 Å². The summed E-state index contributed by atoms with van der Waals surface area (Å²) in [7, 11) is 0. The summed E-state index contributed by atoms with van der Waals surface area (Å²) in [4.78, 5) is 20.7. The Kier molecular flexibility index (Phi) is 4.92. The Balaban J connectivity index is 1.66. The van der Waals surface area contributed by atoms with Gasteiger partial charge in [-0.3, -0.25) is 4.79 Å². The van der Waals surface area contributed by atoms with Gasteiger partial charge < -0.3 is 5.32 Å². The Labute approximate surface area is 149 Å². The lowest BCUT2D eigenvalue weighted by molar-refractivity contribution is -0.121. The van der Waals surface area contributed by atoms with Crippen LogP contribution in [0.15, 0.2) is 24.5 Å². The van der Waals surface area contributed by atoms with Crippen molar-refractivity contribution in [2.45, 2.75) is 39.7 Å². The van der Waals surface area contributed by atoms with Crippen LogP contribution in [-0.2, 0) is 11.2 Å². The van der Waals surface area contributed by atoms with Gasteiger partial charge in [0.25, 0.3) is 5.78 Å². The quantitative estimate of drug-likeness (QED) is 0.760. The zero-order chi connectivity index (χ0) is 18.8. The first-order valence-electron chi connectivity index (χ1n) is 8.27. The monoisotopic (exact) mass is 359 g/mol. The van der Waals surface area contributed by atoms with Gasteiger partial charge in [-0.15, -0.1) is 0 Å². The van der Waals surface area contributed by atoms with Gasteiger partial charge in [0.05, 0.1) is 6.04 Å². The third-order valence-electron chi connectivity index (χ3n) is 4.41. The van der Waals surface area contributed by atoms with Crippen LogP contribution in [0.4, 0.5) is 8.78 Å². The first-order chi connectivity index (χ1) is 12.4. The molecular weight excluding hydrogens is 340 g/mol. The lowest BCUT2D eigenvalue weighted by Gasteiger charge is -2.15. The van der Waals surface area contributed by atoms with Crippen LogP contribution in [0.25, 0.3) is 5.78 Å². The number of halogens is 2. The molecule has 1 unspecified atom stereocenters. The van der Waals surface area contributed by atoms with Crippen LogP contribution in [0.2, 0.25) is 0 Å². The number of hydrogen-bond donors (Lipinski definition) is 1. The van der Waals surface area contributed by atoms with Crippen molar-refractivity contribution < 1.29 is 13.6 Å². The Morgan fingerprint density at radius 1 is 1.27 bits per heavy atom. The van der Waals surface area contributed by atoms with Crippen LogP contribution in [0, 0.1) is 25.5 Å². The van der Waals surface area contributed by atoms with Crippen molar-refractivity contribution in [2.24, 2.45) is 0 Å². The number of rotatable bonds is 5. The number of aromatic nitrogens is 4. The minimum absolute atomic E-state index is 0.181. The fourth-order valence-electron chi connectivity index (χ4n) is 2.93. The van der Waals surface area contributed by atoms with E-state index < -0.39 is 17.7 Å². The molecule has 8 heteroatoms. The first-order valence-corrected chi connectivity index (χ1v) is 8.27. The normalized spacial score (nSPS) is 12.3. The van der Waals surface area contributed by atoms with E-state index in [2.05, 4.69) is 20.4 Å². The van der Waals surface area contributed by atoms with Gasteiger partial charge in [-0.1, -0.05) is 6.07 Å². The number of carbonyl (C=O) groups is 1. The molecule has 0 radical (unpaired) electrons. The van der Waals surface area contributed by atoms with E-state index in [1.54, 1.807) is 11.4 Å². The molecule has 0 bridgehead atoms. The van der Waals surface area contributed by atoms with E-state index in [1.807, 2.05) is 13.8 Å². The fourth-order valence-corrected chi connectivity index (χ4v) is 2.93. The average molecular weight is 359 g/mol. The molecule has 1 atom stereocenters. The predicted octanol–water partition coefficient (Wildman–Crippen LogP) is 2.83. The van der Waals surface area contributed by atoms with Crippen molar-refractivity contribution in [3.63, 3.8) is 0 Å². The molecule has 1 aromatic carbocycles. The van der Waals surface area contributed by atoms with E-state index in [-0.39, 0.29) is 12.3 Å². The molecule has 1 N–H and O–H groups in total. The molecule has 0 aliphatic rings. The maximum Gasteiger partial charge on any atom is 0.252 e. The zero-order valence-corrected chi connectivity index (χ0v) is 14.8. The number of amides is 1. The summed E-state index contributed by atoms with van der Waals surface area (Å²) in [5, 5.41) is 6.93. The van der Waals surface area contributed by atoms with Gasteiger partial charge in [-0.25, -0.2) is 18.3 Å². The molecular formula is C18H19F2N5O. The largest absolute Gasteiger partial charge is 0.350 e. The standard InChI is InChI=1S/C18H19F2N5O/c1-10(13-4-6-15(19)16(20)8-13)23-17(26)7-5-14-11(2)24-18-21-9-22-25(18)12(14)3/h4,6,8-10H,5,7H2,1-3H3,(H,23,26). The van der Waals surface area contributed by atoms with Gasteiger partial charge in [0.15, 0.2) is 11.6 Å². The molecule has 2 aromatic heterocycles. The third kappa shape index (κ3) is 3.54. The average Bonchev–Trinajstić information content (AvgIpc) is 3.05. The van der Waals surface area contributed by atoms with Crippen molar-refractivity contribution in [3.8, 4) is 0 Å². The molecule has 0 aliphatic carbocycles. The number of fused-ring (bicyclic) bond motifs is 1. The zero-order valence-electron chi connectivity index (χ0n) is 14.8. The fraction of sp³-hybridized carbons (Fsp3) is 0.333. The molecule has 3 aromatic rings. The van der Waals surface area contributed by atoms with E-state index >= 15 is 0 Å². The highest BCUT2D eigenvalue weighted by Gasteiger charge is 2.15. The highest BCUT2D eigenvalue weighted by molar-refractivity contribution is 5.76. The van der Waals surface area contributed by atoms with E-state index in [1.165, 1.54) is 12.4 Å². The molecule has 3 rings (SSSR count). The Hall–Kier alpha value is -2.90. The van der Waals surface area contributed by atoms with Crippen molar-refractivity contribution >= 4 is 11.7 Å². The topological polar surface area (TPSA) is 72.2 Å². The summed E-state index contributed by atoms with van der Waals surface area (Å²) >= 11 is 0. The molecule has 0 aliphatic heterocycles. The number of hydrogen-bond acceptors (Lipinski definition) is 4. The first kappa shape index (κ1) is 17.9. The van der Waals surface area contributed by atoms with E-state index in [0.717, 1.165) is 29.1 Å². The van der Waals surface area contributed by atoms with Crippen molar-refractivity contribution in [2.75, 3.05) is 0 Å². The van der Waals surface area contributed by atoms with Crippen molar-refractivity contribution in [1.82, 2.24) is 24.9 Å². The summed E-state index contributed by atoms with van der Waals surface area (Å²) in [6.07, 6.45) is 2.18. The van der Waals surface area contributed by atoms with Crippen LogP contribution in [-0.4, -0.2) is 25.5 Å². The van der Waals surface area contributed by atoms with E-state index in [4.69, 9.17) is 0 Å². The second kappa shape index (κ2) is 7.15. The molecule has 26 heavy (non-hydrogen) atoms. The Morgan fingerprint density at radius 2 is 2.04 bits per heavy atom. The Morgan fingerprint density at radius 3 is 2.77 bits per heavy atom. The van der Waals surface area contributed by atoms with Gasteiger partial charge in [-0.05, 0) is 50.5 Å². The summed E-state index contributed by atoms with van der Waals surface area (Å²) in [5.41, 5.74) is 3.16. The SMILES string of the molecule is Cc1nc2ncnn2c(C)c1CCC(=O)NC(C)c1ccc(F)c(F)c1. The molecule has 6 nitrogen and oxygen atoms in total. The smallest absolute Gasteiger partial charge is 0.252 e. The Bertz CT molecular complexity index is 970. The van der Waals surface area contributed by atoms with Gasteiger partial charge in [-0.2, -0.15) is 10.1 Å². The highest BCUT2D eigenvalue weighted by Crippen LogP contribution is 2.18. The lowest BCUT2D eigenvalue weighted by atomic mass is 10.1. The lowest BCUT2D eigenvalue weighted by Crippen LogP contribution is -2.27. The predicted molar refractivity (Wildman–Crippen MR) is 91.5 cm³/mol. The van der Waals surface area contributed by atoms with Crippen LogP contribution in [0.3, 0.4) is 0 Å². The summed E-state index contributed by atoms with van der Waals surface area (Å²) in [5.74, 6) is -1.49. The minimum atomic E-state index is -0.929. The van der Waals surface area contributed by atoms with Gasteiger partial charge in [0.1, 0.15) is 6.33 Å². The molecule has 1 amide bonds. The second-order valence-electron chi connectivity index (χ2n) is 6.20. The number of aryl methyl sites for hydroxylation is 2. The maximum atomic E-state index is 13.3. The van der Waals surface area contributed by atoms with Crippen molar-refractivity contribution in [1.29, 1.82) is 0 Å². The summed E-state index contributed by atoms with van der Waals surface area (Å²) in [6.45, 7) is 5.51. The number of benzene rings is 1. The summed E-state index contributed by atoms with van der Waals surface area (Å²) < 4.78 is 28.0. The molecule has 0 saturated carbocycles. The molecule has 0 spiro atoms. The molecule has 2 heterocycles. The second-order valence-corrected chi connectivity index (χ2v) is 6.20. The van der Waals surface area contributed by atoms with Crippen LogP contribution < -0.4 is 5.32 Å². The minimum Gasteiger partial charge on any atom is -0.350 e. The van der Waals surface area contributed by atoms with Gasteiger partial charge in [0, 0.05) is 17.8 Å². The van der Waals surface area contributed by atoms with Gasteiger partial charge in [0.2, 0.25) is 5.91 Å². The number of nitrogens with zero attached hydrogens (tertiary/aromatic N) is 4. The molecule has 0 fully saturated rings. The van der Waals surface area contributed by atoms with Crippen LogP contribution in [0.1, 0.15) is 41.9 Å². The van der Waals surface area contributed by atoms with Crippen LogP contribution >= 0.6 is 0 Å². The van der Waals surface area contributed by atoms with Gasteiger partial charge >= 0.3 is 0 Å². The molecule has 0 saturated heterocycles. The van der Waals surface area contributed by atoms with Crippen molar-refractivity contribution in [3.05, 3.63) is 58.7 Å².